The van der Waals surface area contributed by atoms with Crippen molar-refractivity contribution in [1.29, 1.82) is 0 Å². The van der Waals surface area contributed by atoms with Crippen molar-refractivity contribution in [2.45, 2.75) is 40.5 Å². The minimum Gasteiger partial charge on any atom is -0.0622 e. The van der Waals surface area contributed by atoms with Crippen molar-refractivity contribution in [3.63, 3.8) is 0 Å². The van der Waals surface area contributed by atoms with Gasteiger partial charge < -0.3 is 0 Å². The van der Waals surface area contributed by atoms with Crippen LogP contribution in [0.4, 0.5) is 0 Å². The van der Waals surface area contributed by atoms with Crippen LogP contribution in [0.5, 0.6) is 0 Å². The zero-order valence-electron chi connectivity index (χ0n) is 7.07. The molecule has 0 spiro atoms. The SMILES string of the molecule is CC1CCC(C)(C)[C@H]1C. The first kappa shape index (κ1) is 7.11. The van der Waals surface area contributed by atoms with E-state index in [9.17, 15) is 0 Å². The Bertz CT molecular complexity index is 103. The van der Waals surface area contributed by atoms with E-state index in [4.69, 9.17) is 0 Å². The molecular formula is C9H18. The summed E-state index contributed by atoms with van der Waals surface area (Å²) in [5.74, 6) is 1.89. The van der Waals surface area contributed by atoms with Gasteiger partial charge in [0.2, 0.25) is 0 Å². The first-order chi connectivity index (χ1) is 4.04. The van der Waals surface area contributed by atoms with Crippen molar-refractivity contribution < 1.29 is 0 Å². The third-order valence-corrected chi connectivity index (χ3v) is 3.33. The van der Waals surface area contributed by atoms with Gasteiger partial charge in [-0.25, -0.2) is 0 Å². The molecule has 0 N–H and O–H groups in total. The molecule has 9 heavy (non-hydrogen) atoms. The summed E-state index contributed by atoms with van der Waals surface area (Å²) in [6.45, 7) is 9.54. The molecule has 0 aromatic carbocycles. The van der Waals surface area contributed by atoms with E-state index >= 15 is 0 Å². The Morgan fingerprint density at radius 2 is 1.78 bits per heavy atom. The zero-order valence-corrected chi connectivity index (χ0v) is 7.07. The average Bonchev–Trinajstić information content (AvgIpc) is 1.97. The van der Waals surface area contributed by atoms with Crippen molar-refractivity contribution in [1.82, 2.24) is 0 Å². The third kappa shape index (κ3) is 1.12. The maximum atomic E-state index is 2.39. The summed E-state index contributed by atoms with van der Waals surface area (Å²) in [6.07, 6.45) is 2.86. The van der Waals surface area contributed by atoms with Crippen molar-refractivity contribution >= 4 is 0 Å². The molecule has 0 heterocycles. The molecule has 1 rings (SSSR count). The molecule has 1 unspecified atom stereocenters. The minimum atomic E-state index is 0.624. The highest BCUT2D eigenvalue weighted by Crippen LogP contribution is 2.45. The molecule has 0 aromatic heterocycles. The third-order valence-electron chi connectivity index (χ3n) is 3.33. The molecule has 1 fully saturated rings. The molecule has 0 aromatic rings. The lowest BCUT2D eigenvalue weighted by Crippen LogP contribution is -2.17. The first-order valence-corrected chi connectivity index (χ1v) is 4.04. The van der Waals surface area contributed by atoms with Crippen LogP contribution >= 0.6 is 0 Å². The molecule has 0 nitrogen and oxygen atoms in total. The molecule has 2 atom stereocenters. The highest BCUT2D eigenvalue weighted by molar-refractivity contribution is 4.85. The summed E-state index contributed by atoms with van der Waals surface area (Å²) in [6, 6.07) is 0. The minimum absolute atomic E-state index is 0.624. The summed E-state index contributed by atoms with van der Waals surface area (Å²) in [5, 5.41) is 0. The van der Waals surface area contributed by atoms with E-state index in [1.165, 1.54) is 12.8 Å². The van der Waals surface area contributed by atoms with Crippen molar-refractivity contribution in [2.24, 2.45) is 17.3 Å². The summed E-state index contributed by atoms with van der Waals surface area (Å²) < 4.78 is 0. The lowest BCUT2D eigenvalue weighted by Gasteiger charge is -2.25. The summed E-state index contributed by atoms with van der Waals surface area (Å²) in [7, 11) is 0. The van der Waals surface area contributed by atoms with Gasteiger partial charge in [-0.2, -0.15) is 0 Å². The quantitative estimate of drug-likeness (QED) is 0.468. The van der Waals surface area contributed by atoms with Crippen LogP contribution in [0, 0.1) is 17.3 Å². The van der Waals surface area contributed by atoms with E-state index in [0.717, 1.165) is 11.8 Å². The van der Waals surface area contributed by atoms with Gasteiger partial charge in [0.15, 0.2) is 0 Å². The Hall–Kier alpha value is 0. The fraction of sp³-hybridized carbons (Fsp3) is 1.00. The van der Waals surface area contributed by atoms with E-state index in [-0.39, 0.29) is 0 Å². The Kier molecular flexibility index (Phi) is 1.58. The molecule has 1 aliphatic rings. The second kappa shape index (κ2) is 2.00. The standard InChI is InChI=1S/C9H18/c1-7-5-6-9(3,4)8(7)2/h7-8H,5-6H2,1-4H3/t7?,8-/m0/s1. The molecule has 54 valence electrons. The topological polar surface area (TPSA) is 0 Å². The van der Waals surface area contributed by atoms with Crippen molar-refractivity contribution in [2.75, 3.05) is 0 Å². The van der Waals surface area contributed by atoms with Crippen molar-refractivity contribution in [3.05, 3.63) is 0 Å². The van der Waals surface area contributed by atoms with Gasteiger partial charge in [-0.1, -0.05) is 27.7 Å². The van der Waals surface area contributed by atoms with E-state index in [1.807, 2.05) is 0 Å². The average molecular weight is 126 g/mol. The van der Waals surface area contributed by atoms with Gasteiger partial charge in [0, 0.05) is 0 Å². The highest BCUT2D eigenvalue weighted by atomic mass is 14.4. The Morgan fingerprint density at radius 1 is 1.22 bits per heavy atom. The molecule has 0 aliphatic heterocycles. The smallest absolute Gasteiger partial charge is 0.0326 e. The van der Waals surface area contributed by atoms with Crippen LogP contribution in [-0.4, -0.2) is 0 Å². The van der Waals surface area contributed by atoms with E-state index in [0.29, 0.717) is 5.41 Å². The van der Waals surface area contributed by atoms with E-state index in [1.54, 1.807) is 0 Å². The molecule has 0 saturated heterocycles. The van der Waals surface area contributed by atoms with E-state index < -0.39 is 0 Å². The normalized spacial score (nSPS) is 41.3. The largest absolute Gasteiger partial charge is 0.0622 e. The molecule has 1 aliphatic carbocycles. The molecule has 0 heteroatoms. The van der Waals surface area contributed by atoms with Gasteiger partial charge in [0.05, 0.1) is 0 Å². The van der Waals surface area contributed by atoms with Crippen LogP contribution in [0.25, 0.3) is 0 Å². The Balaban J connectivity index is 2.62. The Labute approximate surface area is 58.7 Å². The van der Waals surface area contributed by atoms with Gasteiger partial charge in [-0.15, -0.1) is 0 Å². The van der Waals surface area contributed by atoms with Crippen LogP contribution in [-0.2, 0) is 0 Å². The fourth-order valence-electron chi connectivity index (χ4n) is 1.85. The maximum Gasteiger partial charge on any atom is -0.0326 e. The fourth-order valence-corrected chi connectivity index (χ4v) is 1.85. The molecule has 0 radical (unpaired) electrons. The predicted octanol–water partition coefficient (Wildman–Crippen LogP) is 3.08. The lowest BCUT2D eigenvalue weighted by atomic mass is 9.81. The van der Waals surface area contributed by atoms with Crippen LogP contribution in [0.2, 0.25) is 0 Å². The van der Waals surface area contributed by atoms with Gasteiger partial charge in [0.1, 0.15) is 0 Å². The van der Waals surface area contributed by atoms with Crippen LogP contribution < -0.4 is 0 Å². The van der Waals surface area contributed by atoms with Crippen LogP contribution in [0.15, 0.2) is 0 Å². The van der Waals surface area contributed by atoms with Crippen LogP contribution in [0.3, 0.4) is 0 Å². The highest BCUT2D eigenvalue weighted by Gasteiger charge is 2.35. The summed E-state index contributed by atoms with van der Waals surface area (Å²) >= 11 is 0. The number of hydrogen-bond donors (Lipinski definition) is 0. The van der Waals surface area contributed by atoms with Gasteiger partial charge in [0.25, 0.3) is 0 Å². The van der Waals surface area contributed by atoms with Crippen LogP contribution in [0.1, 0.15) is 40.5 Å². The molecular weight excluding hydrogens is 108 g/mol. The number of rotatable bonds is 0. The van der Waals surface area contributed by atoms with Gasteiger partial charge in [-0.05, 0) is 30.1 Å². The zero-order chi connectivity index (χ0) is 7.07. The monoisotopic (exact) mass is 126 g/mol. The summed E-state index contributed by atoms with van der Waals surface area (Å²) in [5.41, 5.74) is 0.624. The first-order valence-electron chi connectivity index (χ1n) is 4.04. The second-order valence-corrected chi connectivity index (χ2v) is 4.29. The molecule has 1 saturated carbocycles. The summed E-state index contributed by atoms with van der Waals surface area (Å²) in [4.78, 5) is 0. The molecule has 0 amide bonds. The maximum absolute atomic E-state index is 2.39. The number of hydrogen-bond acceptors (Lipinski definition) is 0. The second-order valence-electron chi connectivity index (χ2n) is 4.29. The predicted molar refractivity (Wildman–Crippen MR) is 41.3 cm³/mol. The van der Waals surface area contributed by atoms with E-state index in [2.05, 4.69) is 27.7 Å². The lowest BCUT2D eigenvalue weighted by molar-refractivity contribution is 0.248. The van der Waals surface area contributed by atoms with Gasteiger partial charge in [-0.3, -0.25) is 0 Å². The molecule has 0 bridgehead atoms. The van der Waals surface area contributed by atoms with Crippen molar-refractivity contribution in [3.8, 4) is 0 Å². The van der Waals surface area contributed by atoms with Gasteiger partial charge >= 0.3 is 0 Å². The Morgan fingerprint density at radius 3 is 1.89 bits per heavy atom.